The van der Waals surface area contributed by atoms with Crippen LogP contribution in [0.25, 0.3) is 16.9 Å². The first-order chi connectivity index (χ1) is 9.61. The molecule has 20 heavy (non-hydrogen) atoms. The van der Waals surface area contributed by atoms with E-state index in [9.17, 15) is 0 Å². The Hall–Kier alpha value is -1.000. The maximum Gasteiger partial charge on any atom is 0.164 e. The number of imidazole rings is 1. The molecule has 2 heterocycles. The van der Waals surface area contributed by atoms with Crippen molar-refractivity contribution in [3.63, 3.8) is 0 Å². The second-order valence-electron chi connectivity index (χ2n) is 4.06. The van der Waals surface area contributed by atoms with E-state index in [1.807, 2.05) is 12.1 Å². The fourth-order valence-corrected chi connectivity index (χ4v) is 2.79. The lowest BCUT2D eigenvalue weighted by molar-refractivity contribution is 0.970. The summed E-state index contributed by atoms with van der Waals surface area (Å²) in [6.45, 7) is 0. The van der Waals surface area contributed by atoms with Gasteiger partial charge in [-0.2, -0.15) is 0 Å². The fourth-order valence-electron chi connectivity index (χ4n) is 1.99. The third kappa shape index (κ3) is 2.25. The van der Waals surface area contributed by atoms with Crippen LogP contribution >= 0.6 is 46.4 Å². The van der Waals surface area contributed by atoms with Gasteiger partial charge >= 0.3 is 0 Å². The minimum absolute atomic E-state index is 0.229. The Morgan fingerprint density at radius 2 is 1.80 bits per heavy atom. The Morgan fingerprint density at radius 1 is 1.05 bits per heavy atom. The number of hydrogen-bond acceptors (Lipinski definition) is 2. The highest BCUT2D eigenvalue weighted by Gasteiger charge is 2.16. The standard InChI is InChI=1S/C13H7Cl4N3/c14-6-12-19-10-2-1-3-18-13(10)20(12)11-5-8(16)7(15)4-9(11)17/h1-5H,6H2. The topological polar surface area (TPSA) is 30.7 Å². The van der Waals surface area contributed by atoms with Gasteiger partial charge < -0.3 is 0 Å². The van der Waals surface area contributed by atoms with Gasteiger partial charge in [0.15, 0.2) is 5.65 Å². The molecule has 0 fully saturated rings. The zero-order valence-corrected chi connectivity index (χ0v) is 13.0. The molecule has 3 rings (SSSR count). The van der Waals surface area contributed by atoms with E-state index in [1.54, 1.807) is 22.9 Å². The molecule has 3 aromatic rings. The summed E-state index contributed by atoms with van der Waals surface area (Å²) in [5.41, 5.74) is 2.06. The predicted molar refractivity (Wildman–Crippen MR) is 83.5 cm³/mol. The van der Waals surface area contributed by atoms with Crippen molar-refractivity contribution in [2.75, 3.05) is 0 Å². The first-order valence-electron chi connectivity index (χ1n) is 5.65. The van der Waals surface area contributed by atoms with Gasteiger partial charge in [0.1, 0.15) is 11.3 Å². The molecule has 0 spiro atoms. The largest absolute Gasteiger partial charge is 0.278 e. The van der Waals surface area contributed by atoms with E-state index in [4.69, 9.17) is 46.4 Å². The Labute approximate surface area is 135 Å². The number of halogens is 4. The van der Waals surface area contributed by atoms with Crippen LogP contribution in [0, 0.1) is 0 Å². The van der Waals surface area contributed by atoms with E-state index in [0.29, 0.717) is 32.2 Å². The lowest BCUT2D eigenvalue weighted by atomic mass is 10.3. The summed E-state index contributed by atoms with van der Waals surface area (Å²) in [6.07, 6.45) is 1.68. The van der Waals surface area contributed by atoms with Crippen molar-refractivity contribution in [1.29, 1.82) is 0 Å². The second kappa shape index (κ2) is 5.41. The molecule has 0 radical (unpaired) electrons. The average molecular weight is 347 g/mol. The minimum atomic E-state index is 0.229. The SMILES string of the molecule is ClCc1nc2cccnc2n1-c1cc(Cl)c(Cl)cc1Cl. The summed E-state index contributed by atoms with van der Waals surface area (Å²) in [5, 5.41) is 1.25. The van der Waals surface area contributed by atoms with Crippen LogP contribution < -0.4 is 0 Å². The summed E-state index contributed by atoms with van der Waals surface area (Å²) < 4.78 is 1.78. The zero-order chi connectivity index (χ0) is 14.3. The van der Waals surface area contributed by atoms with Crippen LogP contribution in [-0.4, -0.2) is 14.5 Å². The van der Waals surface area contributed by atoms with Crippen LogP contribution in [0.4, 0.5) is 0 Å². The first-order valence-corrected chi connectivity index (χ1v) is 7.32. The molecular formula is C13H7Cl4N3. The second-order valence-corrected chi connectivity index (χ2v) is 5.55. The van der Waals surface area contributed by atoms with Crippen LogP contribution in [0.2, 0.25) is 15.1 Å². The molecule has 0 aliphatic rings. The predicted octanol–water partition coefficient (Wildman–Crippen LogP) is 5.12. The van der Waals surface area contributed by atoms with Gasteiger partial charge in [-0.25, -0.2) is 9.97 Å². The highest BCUT2D eigenvalue weighted by molar-refractivity contribution is 6.43. The minimum Gasteiger partial charge on any atom is -0.278 e. The highest BCUT2D eigenvalue weighted by Crippen LogP contribution is 2.33. The van der Waals surface area contributed by atoms with Gasteiger partial charge in [-0.05, 0) is 24.3 Å². The van der Waals surface area contributed by atoms with Crippen molar-refractivity contribution < 1.29 is 0 Å². The monoisotopic (exact) mass is 345 g/mol. The maximum atomic E-state index is 6.26. The number of benzene rings is 1. The molecule has 2 aromatic heterocycles. The first kappa shape index (κ1) is 14.0. The third-order valence-corrected chi connectivity index (χ3v) is 4.10. The summed E-state index contributed by atoms with van der Waals surface area (Å²) in [5.74, 6) is 0.869. The van der Waals surface area contributed by atoms with Gasteiger partial charge in [0.05, 0.1) is 26.6 Å². The molecule has 0 N–H and O–H groups in total. The lowest BCUT2D eigenvalue weighted by Crippen LogP contribution is -2.01. The van der Waals surface area contributed by atoms with Crippen LogP contribution in [0.1, 0.15) is 5.82 Å². The van der Waals surface area contributed by atoms with E-state index in [0.717, 1.165) is 5.52 Å². The zero-order valence-electron chi connectivity index (χ0n) is 9.95. The van der Waals surface area contributed by atoms with Crippen LogP contribution in [0.15, 0.2) is 30.5 Å². The summed E-state index contributed by atoms with van der Waals surface area (Å²) >= 11 is 24.3. The smallest absolute Gasteiger partial charge is 0.164 e. The molecule has 0 aliphatic carbocycles. The van der Waals surface area contributed by atoms with Crippen molar-refractivity contribution in [2.24, 2.45) is 0 Å². The average Bonchev–Trinajstić information content (AvgIpc) is 2.81. The Kier molecular flexibility index (Phi) is 3.78. The molecule has 102 valence electrons. The van der Waals surface area contributed by atoms with E-state index >= 15 is 0 Å². The molecular weight excluding hydrogens is 340 g/mol. The molecule has 7 heteroatoms. The van der Waals surface area contributed by atoms with Crippen molar-refractivity contribution in [3.05, 3.63) is 51.4 Å². The number of aromatic nitrogens is 3. The van der Waals surface area contributed by atoms with Crippen molar-refractivity contribution in [2.45, 2.75) is 5.88 Å². The van der Waals surface area contributed by atoms with Crippen molar-refractivity contribution in [1.82, 2.24) is 14.5 Å². The molecule has 3 nitrogen and oxygen atoms in total. The normalized spacial score (nSPS) is 11.2. The van der Waals surface area contributed by atoms with E-state index < -0.39 is 0 Å². The number of alkyl halides is 1. The van der Waals surface area contributed by atoms with E-state index in [-0.39, 0.29) is 5.88 Å². The van der Waals surface area contributed by atoms with Gasteiger partial charge in [0.25, 0.3) is 0 Å². The number of nitrogens with zero attached hydrogens (tertiary/aromatic N) is 3. The quantitative estimate of drug-likeness (QED) is 0.476. The molecule has 0 saturated heterocycles. The number of rotatable bonds is 2. The van der Waals surface area contributed by atoms with E-state index in [1.165, 1.54) is 0 Å². The lowest BCUT2D eigenvalue weighted by Gasteiger charge is -2.10. The summed E-state index contributed by atoms with van der Waals surface area (Å²) in [6, 6.07) is 6.94. The molecule has 0 saturated carbocycles. The number of hydrogen-bond donors (Lipinski definition) is 0. The van der Waals surface area contributed by atoms with Crippen LogP contribution in [0.3, 0.4) is 0 Å². The van der Waals surface area contributed by atoms with E-state index in [2.05, 4.69) is 9.97 Å². The van der Waals surface area contributed by atoms with Crippen molar-refractivity contribution >= 4 is 57.6 Å². The Bertz CT molecular complexity index is 798. The Morgan fingerprint density at radius 3 is 2.55 bits per heavy atom. The highest BCUT2D eigenvalue weighted by atomic mass is 35.5. The van der Waals surface area contributed by atoms with Crippen LogP contribution in [0.5, 0.6) is 0 Å². The number of fused-ring (bicyclic) bond motifs is 1. The maximum absolute atomic E-state index is 6.26. The van der Waals surface area contributed by atoms with Crippen molar-refractivity contribution in [3.8, 4) is 5.69 Å². The molecule has 0 bridgehead atoms. The Balaban J connectivity index is 2.36. The van der Waals surface area contributed by atoms with Gasteiger partial charge in [-0.15, -0.1) is 11.6 Å². The molecule has 1 aromatic carbocycles. The summed E-state index contributed by atoms with van der Waals surface area (Å²) in [7, 11) is 0. The van der Waals surface area contributed by atoms with Crippen LogP contribution in [-0.2, 0) is 5.88 Å². The van der Waals surface area contributed by atoms with Gasteiger partial charge in [-0.1, -0.05) is 34.8 Å². The van der Waals surface area contributed by atoms with Gasteiger partial charge in [-0.3, -0.25) is 4.57 Å². The molecule has 0 atom stereocenters. The third-order valence-electron chi connectivity index (χ3n) is 2.84. The fraction of sp³-hybridized carbons (Fsp3) is 0.0769. The van der Waals surface area contributed by atoms with Gasteiger partial charge in [0, 0.05) is 6.20 Å². The summed E-state index contributed by atoms with van der Waals surface area (Å²) in [4.78, 5) is 8.76. The molecule has 0 aliphatic heterocycles. The molecule has 0 unspecified atom stereocenters. The molecule has 0 amide bonds. The van der Waals surface area contributed by atoms with Gasteiger partial charge in [0.2, 0.25) is 0 Å². The number of pyridine rings is 1.